The van der Waals surface area contributed by atoms with Crippen LogP contribution in [0.1, 0.15) is 40.0 Å². The van der Waals surface area contributed by atoms with Gasteiger partial charge in [0.15, 0.2) is 0 Å². The van der Waals surface area contributed by atoms with Crippen LogP contribution < -0.4 is 11.3 Å². The summed E-state index contributed by atoms with van der Waals surface area (Å²) in [4.78, 5) is 0. The van der Waals surface area contributed by atoms with Crippen molar-refractivity contribution in [3.8, 4) is 0 Å². The lowest BCUT2D eigenvalue weighted by Crippen LogP contribution is -2.51. The van der Waals surface area contributed by atoms with E-state index in [1.54, 1.807) is 0 Å². The van der Waals surface area contributed by atoms with E-state index >= 15 is 0 Å². The van der Waals surface area contributed by atoms with Crippen LogP contribution in [0.5, 0.6) is 0 Å². The molecule has 1 rings (SSSR count). The van der Waals surface area contributed by atoms with Crippen LogP contribution in [0.4, 0.5) is 0 Å². The summed E-state index contributed by atoms with van der Waals surface area (Å²) < 4.78 is 0. The molecule has 66 valence electrons. The van der Waals surface area contributed by atoms with Crippen molar-refractivity contribution in [3.05, 3.63) is 0 Å². The van der Waals surface area contributed by atoms with E-state index in [0.717, 1.165) is 5.92 Å². The first-order chi connectivity index (χ1) is 5.05. The van der Waals surface area contributed by atoms with E-state index in [2.05, 4.69) is 26.2 Å². The van der Waals surface area contributed by atoms with Gasteiger partial charge in [0.1, 0.15) is 0 Å². The van der Waals surface area contributed by atoms with Crippen LogP contribution in [0.15, 0.2) is 0 Å². The van der Waals surface area contributed by atoms with Crippen LogP contribution in [-0.4, -0.2) is 6.04 Å². The molecule has 11 heavy (non-hydrogen) atoms. The Morgan fingerprint density at radius 1 is 1.36 bits per heavy atom. The van der Waals surface area contributed by atoms with Gasteiger partial charge in [0, 0.05) is 6.04 Å². The summed E-state index contributed by atoms with van der Waals surface area (Å²) >= 11 is 0. The predicted molar refractivity (Wildman–Crippen MR) is 47.9 cm³/mol. The number of hydrazine groups is 1. The summed E-state index contributed by atoms with van der Waals surface area (Å²) in [6.07, 6.45) is 4.09. The Hall–Kier alpha value is -0.0800. The normalized spacial score (nSPS) is 22.9. The highest BCUT2D eigenvalue weighted by Gasteiger charge is 2.34. The van der Waals surface area contributed by atoms with Crippen LogP contribution in [0.3, 0.4) is 0 Å². The molecule has 2 heteroatoms. The molecule has 1 aliphatic rings. The summed E-state index contributed by atoms with van der Waals surface area (Å²) in [7, 11) is 0. The number of nitrogens with two attached hydrogens (primary N) is 1. The van der Waals surface area contributed by atoms with Gasteiger partial charge in [-0.25, -0.2) is 0 Å². The quantitative estimate of drug-likeness (QED) is 0.471. The lowest BCUT2D eigenvalue weighted by Gasteiger charge is -2.41. The van der Waals surface area contributed by atoms with E-state index in [0.29, 0.717) is 11.5 Å². The minimum Gasteiger partial charge on any atom is -0.271 e. The smallest absolute Gasteiger partial charge is 0.0287 e. The van der Waals surface area contributed by atoms with Crippen LogP contribution in [0, 0.1) is 11.3 Å². The van der Waals surface area contributed by atoms with Gasteiger partial charge in [-0.05, 0) is 24.2 Å². The first-order valence-electron chi connectivity index (χ1n) is 4.52. The molecule has 1 aliphatic carbocycles. The first kappa shape index (κ1) is 9.01. The Balaban J connectivity index is 2.48. The van der Waals surface area contributed by atoms with Gasteiger partial charge in [0.25, 0.3) is 0 Å². The molecule has 0 amide bonds. The van der Waals surface area contributed by atoms with E-state index in [1.165, 1.54) is 19.3 Å². The topological polar surface area (TPSA) is 38.0 Å². The Labute approximate surface area is 69.5 Å². The maximum atomic E-state index is 5.52. The Bertz CT molecular complexity index is 122. The molecule has 1 unspecified atom stereocenters. The highest BCUT2D eigenvalue weighted by molar-refractivity contribution is 4.89. The van der Waals surface area contributed by atoms with Gasteiger partial charge < -0.3 is 0 Å². The van der Waals surface area contributed by atoms with Gasteiger partial charge in [0.05, 0.1) is 0 Å². The molecule has 1 saturated carbocycles. The second kappa shape index (κ2) is 3.11. The second-order valence-electron chi connectivity index (χ2n) is 4.70. The Kier molecular flexibility index (Phi) is 2.55. The first-order valence-corrected chi connectivity index (χ1v) is 4.52. The Morgan fingerprint density at radius 2 is 1.91 bits per heavy atom. The van der Waals surface area contributed by atoms with Crippen molar-refractivity contribution >= 4 is 0 Å². The lowest BCUT2D eigenvalue weighted by molar-refractivity contribution is 0.131. The highest BCUT2D eigenvalue weighted by Crippen LogP contribution is 2.36. The predicted octanol–water partition coefficient (Wildman–Crippen LogP) is 1.66. The van der Waals surface area contributed by atoms with Gasteiger partial charge in [-0.3, -0.25) is 11.3 Å². The summed E-state index contributed by atoms with van der Waals surface area (Å²) in [5.41, 5.74) is 3.25. The molecule has 0 saturated heterocycles. The number of hydrogen-bond donors (Lipinski definition) is 2. The van der Waals surface area contributed by atoms with Crippen molar-refractivity contribution < 1.29 is 0 Å². The van der Waals surface area contributed by atoms with Gasteiger partial charge in [0.2, 0.25) is 0 Å². The third kappa shape index (κ3) is 1.94. The summed E-state index contributed by atoms with van der Waals surface area (Å²) in [5, 5.41) is 0. The molecule has 0 heterocycles. The molecule has 0 aromatic heterocycles. The average molecular weight is 156 g/mol. The van der Waals surface area contributed by atoms with E-state index in [4.69, 9.17) is 5.84 Å². The van der Waals surface area contributed by atoms with E-state index in [9.17, 15) is 0 Å². The van der Waals surface area contributed by atoms with E-state index in [1.807, 2.05) is 0 Å². The summed E-state index contributed by atoms with van der Waals surface area (Å²) in [5.74, 6) is 6.34. The molecular weight excluding hydrogens is 136 g/mol. The van der Waals surface area contributed by atoms with Crippen LogP contribution in [0.25, 0.3) is 0 Å². The second-order valence-corrected chi connectivity index (χ2v) is 4.70. The molecule has 0 aliphatic heterocycles. The van der Waals surface area contributed by atoms with Crippen molar-refractivity contribution in [2.75, 3.05) is 0 Å². The molecule has 3 N–H and O–H groups in total. The number of nitrogens with one attached hydrogen (secondary N) is 1. The number of rotatable bonds is 2. The minimum absolute atomic E-state index is 0.305. The largest absolute Gasteiger partial charge is 0.271 e. The lowest BCUT2D eigenvalue weighted by atomic mass is 9.70. The van der Waals surface area contributed by atoms with Crippen LogP contribution in [0.2, 0.25) is 0 Å². The summed E-state index contributed by atoms with van der Waals surface area (Å²) in [6, 6.07) is 0.497. The molecule has 0 radical (unpaired) electrons. The fourth-order valence-electron chi connectivity index (χ4n) is 1.87. The van der Waals surface area contributed by atoms with E-state index in [-0.39, 0.29) is 0 Å². The van der Waals surface area contributed by atoms with Crippen molar-refractivity contribution in [2.24, 2.45) is 17.2 Å². The fourth-order valence-corrected chi connectivity index (χ4v) is 1.87. The van der Waals surface area contributed by atoms with Gasteiger partial charge in [-0.15, -0.1) is 0 Å². The third-order valence-electron chi connectivity index (χ3n) is 2.73. The number of hydrogen-bond acceptors (Lipinski definition) is 2. The van der Waals surface area contributed by atoms with Crippen LogP contribution in [-0.2, 0) is 0 Å². The Morgan fingerprint density at radius 3 is 2.00 bits per heavy atom. The highest BCUT2D eigenvalue weighted by atomic mass is 15.2. The van der Waals surface area contributed by atoms with Gasteiger partial charge >= 0.3 is 0 Å². The average Bonchev–Trinajstić information content (AvgIpc) is 1.74. The minimum atomic E-state index is 0.305. The zero-order chi connectivity index (χ0) is 8.48. The molecular formula is C9H20N2. The fraction of sp³-hybridized carbons (Fsp3) is 1.00. The maximum absolute atomic E-state index is 5.52. The van der Waals surface area contributed by atoms with Crippen molar-refractivity contribution in [2.45, 2.75) is 46.1 Å². The van der Waals surface area contributed by atoms with Gasteiger partial charge in [-0.1, -0.05) is 27.2 Å². The molecule has 2 nitrogen and oxygen atoms in total. The van der Waals surface area contributed by atoms with Crippen molar-refractivity contribution in [1.29, 1.82) is 0 Å². The molecule has 0 spiro atoms. The van der Waals surface area contributed by atoms with Crippen molar-refractivity contribution in [3.63, 3.8) is 0 Å². The molecule has 0 aromatic carbocycles. The zero-order valence-electron chi connectivity index (χ0n) is 7.85. The molecule has 1 fully saturated rings. The molecule has 1 atom stereocenters. The van der Waals surface area contributed by atoms with E-state index < -0.39 is 0 Å². The van der Waals surface area contributed by atoms with Crippen molar-refractivity contribution in [1.82, 2.24) is 5.43 Å². The maximum Gasteiger partial charge on any atom is 0.0287 e. The summed E-state index contributed by atoms with van der Waals surface area (Å²) in [6.45, 7) is 6.74. The molecule has 0 aromatic rings. The van der Waals surface area contributed by atoms with Crippen LogP contribution >= 0.6 is 0 Å². The standard InChI is InChI=1S/C9H20N2/c1-9(2,3)8(11-10)7-5-4-6-7/h7-8,11H,4-6,10H2,1-3H3. The SMILES string of the molecule is CC(C)(C)C(NN)C1CCC1. The third-order valence-corrected chi connectivity index (χ3v) is 2.73. The zero-order valence-corrected chi connectivity index (χ0v) is 7.85. The monoisotopic (exact) mass is 156 g/mol. The van der Waals surface area contributed by atoms with Gasteiger partial charge in [-0.2, -0.15) is 0 Å². The molecule has 0 bridgehead atoms.